The minimum atomic E-state index is -1.28. The van der Waals surface area contributed by atoms with Gasteiger partial charge in [-0.25, -0.2) is 9.69 Å². The summed E-state index contributed by atoms with van der Waals surface area (Å²) in [7, 11) is 1.56. The van der Waals surface area contributed by atoms with E-state index in [0.717, 1.165) is 4.90 Å². The maximum atomic E-state index is 12.8. The van der Waals surface area contributed by atoms with Crippen LogP contribution in [0.2, 0.25) is 0 Å². The first-order valence-corrected chi connectivity index (χ1v) is 8.95. The Balaban J connectivity index is 1.66. The van der Waals surface area contributed by atoms with Gasteiger partial charge in [0.25, 0.3) is 17.7 Å². The molecular weight excluding hydrogens is 388 g/mol. The lowest BCUT2D eigenvalue weighted by molar-refractivity contribution is 0.0690. The number of fused-ring (bicyclic) bond motifs is 1. The minimum absolute atomic E-state index is 0.0730. The molecule has 30 heavy (non-hydrogen) atoms. The van der Waals surface area contributed by atoms with Gasteiger partial charge in [-0.3, -0.25) is 19.1 Å². The quantitative estimate of drug-likeness (QED) is 0.645. The van der Waals surface area contributed by atoms with Crippen molar-refractivity contribution in [3.05, 3.63) is 76.6 Å². The molecule has 150 valence electrons. The molecular formula is C21H16N4O5. The smallest absolute Gasteiger partial charge is 0.358 e. The number of anilines is 2. The van der Waals surface area contributed by atoms with Gasteiger partial charge in [0.2, 0.25) is 0 Å². The van der Waals surface area contributed by atoms with E-state index in [1.807, 2.05) is 0 Å². The highest BCUT2D eigenvalue weighted by Crippen LogP contribution is 2.29. The summed E-state index contributed by atoms with van der Waals surface area (Å²) < 4.78 is 1.35. The van der Waals surface area contributed by atoms with Crippen LogP contribution in [-0.2, 0) is 7.05 Å². The Bertz CT molecular complexity index is 1230. The molecule has 0 radical (unpaired) electrons. The Morgan fingerprint density at radius 3 is 2.33 bits per heavy atom. The number of amides is 3. The molecule has 2 aromatic carbocycles. The number of nitrogens with zero attached hydrogens (tertiary/aromatic N) is 3. The summed E-state index contributed by atoms with van der Waals surface area (Å²) in [6.07, 6.45) is 0. The molecule has 3 aromatic rings. The number of rotatable bonds is 4. The molecule has 0 saturated heterocycles. The molecule has 9 nitrogen and oxygen atoms in total. The average Bonchev–Trinajstić information content (AvgIpc) is 3.16. The lowest BCUT2D eigenvalue weighted by Gasteiger charge is -2.13. The highest BCUT2D eigenvalue weighted by molar-refractivity contribution is 6.34. The molecule has 1 aliphatic heterocycles. The Hall–Kier alpha value is -4.27. The summed E-state index contributed by atoms with van der Waals surface area (Å²) >= 11 is 0. The molecule has 0 saturated carbocycles. The molecule has 0 bridgehead atoms. The second kappa shape index (κ2) is 6.96. The van der Waals surface area contributed by atoms with Gasteiger partial charge in [-0.2, -0.15) is 5.10 Å². The molecule has 2 N–H and O–H groups in total. The van der Waals surface area contributed by atoms with Gasteiger partial charge in [-0.1, -0.05) is 18.2 Å². The fraction of sp³-hybridized carbons (Fsp3) is 0.0952. The SMILES string of the molecule is Cc1c(NC(=O)c2ccc3c(c2)C(=O)N(c2ccccc2)C3=O)c(C(=O)O)nn1C. The number of hydrogen-bond donors (Lipinski definition) is 2. The zero-order valence-corrected chi connectivity index (χ0v) is 16.0. The summed E-state index contributed by atoms with van der Waals surface area (Å²) in [5, 5.41) is 15.7. The number of nitrogens with one attached hydrogen (secondary N) is 1. The van der Waals surface area contributed by atoms with Crippen molar-refractivity contribution in [3.8, 4) is 0 Å². The van der Waals surface area contributed by atoms with Gasteiger partial charge >= 0.3 is 5.97 Å². The van der Waals surface area contributed by atoms with Crippen LogP contribution in [0.1, 0.15) is 47.3 Å². The Morgan fingerprint density at radius 1 is 1.00 bits per heavy atom. The number of aromatic carboxylic acids is 1. The van der Waals surface area contributed by atoms with Crippen molar-refractivity contribution in [1.29, 1.82) is 0 Å². The molecule has 4 rings (SSSR count). The lowest BCUT2D eigenvalue weighted by Crippen LogP contribution is -2.29. The summed E-state index contributed by atoms with van der Waals surface area (Å²) in [5.74, 6) is -2.89. The highest BCUT2D eigenvalue weighted by Gasteiger charge is 2.37. The first kappa shape index (κ1) is 19.1. The number of carboxylic acid groups (broad SMARTS) is 1. The van der Waals surface area contributed by atoms with Crippen LogP contribution in [0.5, 0.6) is 0 Å². The highest BCUT2D eigenvalue weighted by atomic mass is 16.4. The second-order valence-electron chi connectivity index (χ2n) is 6.73. The third-order valence-electron chi connectivity index (χ3n) is 4.94. The second-order valence-corrected chi connectivity index (χ2v) is 6.73. The fourth-order valence-corrected chi connectivity index (χ4v) is 3.29. The van der Waals surface area contributed by atoms with Gasteiger partial charge in [-0.15, -0.1) is 0 Å². The zero-order chi connectivity index (χ0) is 21.6. The molecule has 1 aromatic heterocycles. The summed E-state index contributed by atoms with van der Waals surface area (Å²) in [5.41, 5.74) is 1.11. The predicted octanol–water partition coefficient (Wildman–Crippen LogP) is 2.48. The molecule has 0 aliphatic carbocycles. The van der Waals surface area contributed by atoms with Crippen LogP contribution in [0.25, 0.3) is 0 Å². The lowest BCUT2D eigenvalue weighted by atomic mass is 10.1. The summed E-state index contributed by atoms with van der Waals surface area (Å²) in [6.45, 7) is 1.62. The van der Waals surface area contributed by atoms with Gasteiger partial charge in [0.15, 0.2) is 5.69 Å². The maximum absolute atomic E-state index is 12.8. The first-order chi connectivity index (χ1) is 14.3. The third-order valence-corrected chi connectivity index (χ3v) is 4.94. The van der Waals surface area contributed by atoms with Gasteiger partial charge in [-0.05, 0) is 37.3 Å². The topological polar surface area (TPSA) is 122 Å². The van der Waals surface area contributed by atoms with E-state index in [4.69, 9.17) is 0 Å². The number of benzene rings is 2. The van der Waals surface area contributed by atoms with E-state index < -0.39 is 23.7 Å². The molecule has 9 heteroatoms. The van der Waals surface area contributed by atoms with Gasteiger partial charge in [0.1, 0.15) is 0 Å². The monoisotopic (exact) mass is 404 g/mol. The van der Waals surface area contributed by atoms with Gasteiger partial charge < -0.3 is 10.4 Å². The number of carbonyl (C=O) groups excluding carboxylic acids is 3. The van der Waals surface area contributed by atoms with E-state index in [2.05, 4.69) is 10.4 Å². The van der Waals surface area contributed by atoms with Crippen molar-refractivity contribution in [2.45, 2.75) is 6.92 Å². The number of para-hydroxylation sites is 1. The normalized spacial score (nSPS) is 12.8. The maximum Gasteiger partial charge on any atom is 0.358 e. The van der Waals surface area contributed by atoms with E-state index in [-0.39, 0.29) is 28.1 Å². The standard InChI is InChI=1S/C21H16N4O5/c1-11-16(17(21(29)30)23-24(11)2)22-18(26)12-8-9-14-15(10-12)20(28)25(19(14)27)13-6-4-3-5-7-13/h3-10H,1-2H3,(H,22,26)(H,29,30). The minimum Gasteiger partial charge on any atom is -0.476 e. The van der Waals surface area contributed by atoms with E-state index in [0.29, 0.717) is 11.4 Å². The van der Waals surface area contributed by atoms with Crippen LogP contribution in [-0.4, -0.2) is 38.6 Å². The van der Waals surface area contributed by atoms with E-state index in [9.17, 15) is 24.3 Å². The van der Waals surface area contributed by atoms with Crippen LogP contribution in [0.3, 0.4) is 0 Å². The van der Waals surface area contributed by atoms with Crippen molar-refractivity contribution in [3.63, 3.8) is 0 Å². The fourth-order valence-electron chi connectivity index (χ4n) is 3.29. The van der Waals surface area contributed by atoms with Crippen molar-refractivity contribution < 1.29 is 24.3 Å². The predicted molar refractivity (Wildman–Crippen MR) is 107 cm³/mol. The molecule has 0 unspecified atom stereocenters. The van der Waals surface area contributed by atoms with Crippen LogP contribution in [0.4, 0.5) is 11.4 Å². The summed E-state index contributed by atoms with van der Waals surface area (Å²) in [4.78, 5) is 50.7. The Kier molecular flexibility index (Phi) is 4.42. The number of carbonyl (C=O) groups is 4. The van der Waals surface area contributed by atoms with Crippen LogP contribution in [0.15, 0.2) is 48.5 Å². The Morgan fingerprint density at radius 2 is 1.67 bits per heavy atom. The van der Waals surface area contributed by atoms with Crippen molar-refractivity contribution in [1.82, 2.24) is 9.78 Å². The van der Waals surface area contributed by atoms with Crippen LogP contribution in [0, 0.1) is 6.92 Å². The van der Waals surface area contributed by atoms with Gasteiger partial charge in [0.05, 0.1) is 28.2 Å². The summed E-state index contributed by atoms with van der Waals surface area (Å²) in [6, 6.07) is 12.7. The molecule has 1 aliphatic rings. The number of aryl methyl sites for hydroxylation is 1. The number of aromatic nitrogens is 2. The number of hydrogen-bond acceptors (Lipinski definition) is 5. The molecule has 2 heterocycles. The number of carboxylic acids is 1. The molecule has 0 spiro atoms. The zero-order valence-electron chi connectivity index (χ0n) is 16.0. The van der Waals surface area contributed by atoms with Gasteiger partial charge in [0, 0.05) is 12.6 Å². The van der Waals surface area contributed by atoms with E-state index >= 15 is 0 Å². The molecule has 0 atom stereocenters. The number of imide groups is 1. The Labute approximate surface area is 170 Å². The van der Waals surface area contributed by atoms with Crippen LogP contribution < -0.4 is 10.2 Å². The molecule has 0 fully saturated rings. The molecule has 3 amide bonds. The third kappa shape index (κ3) is 2.93. The van der Waals surface area contributed by atoms with Crippen molar-refractivity contribution in [2.75, 3.05) is 10.2 Å². The van der Waals surface area contributed by atoms with E-state index in [1.165, 1.54) is 22.9 Å². The van der Waals surface area contributed by atoms with Crippen LogP contribution >= 0.6 is 0 Å². The van der Waals surface area contributed by atoms with Crippen molar-refractivity contribution in [2.24, 2.45) is 7.05 Å². The average molecular weight is 404 g/mol. The van der Waals surface area contributed by atoms with Crippen molar-refractivity contribution >= 4 is 35.1 Å². The first-order valence-electron chi connectivity index (χ1n) is 8.95. The largest absolute Gasteiger partial charge is 0.476 e. The van der Waals surface area contributed by atoms with E-state index in [1.54, 1.807) is 44.3 Å².